The van der Waals surface area contributed by atoms with Crippen LogP contribution in [0, 0.1) is 11.7 Å². The number of ether oxygens (including phenoxy) is 1. The average molecular weight is 651 g/mol. The Kier molecular flexibility index (Phi) is 12.4. The minimum atomic E-state index is -3.53. The molecule has 1 aliphatic heterocycles. The Labute approximate surface area is 262 Å². The maximum Gasteiger partial charge on any atom is 0.234 e. The van der Waals surface area contributed by atoms with Crippen LogP contribution in [-0.4, -0.2) is 69.2 Å². The Morgan fingerprint density at radius 3 is 2.50 bits per heavy atom. The lowest BCUT2D eigenvalue weighted by Gasteiger charge is -2.34. The number of halogens is 2. The number of azide groups is 1. The van der Waals surface area contributed by atoms with Gasteiger partial charge in [0.15, 0.2) is 0 Å². The molecule has 2 unspecified atom stereocenters. The zero-order chi connectivity index (χ0) is 31.7. The highest BCUT2D eigenvalue weighted by atomic mass is 35.5. The SMILES string of the molecule is CC(O)CNCC(CCc1c(F)cccc1NC(=O)[C@@H](N=[N+]=[N-])[C@@H](c1ccc(Cl)cc1)C1CCOCC1)NS(=O)(=O)C1CC1. The van der Waals surface area contributed by atoms with Crippen molar-refractivity contribution in [1.82, 2.24) is 10.0 Å². The third-order valence-electron chi connectivity index (χ3n) is 8.06. The molecule has 14 heteroatoms. The molecule has 1 heterocycles. The van der Waals surface area contributed by atoms with Gasteiger partial charge in [-0.3, -0.25) is 4.79 Å². The van der Waals surface area contributed by atoms with Gasteiger partial charge in [-0.1, -0.05) is 34.9 Å². The fourth-order valence-corrected chi connectivity index (χ4v) is 7.39. The van der Waals surface area contributed by atoms with E-state index in [-0.39, 0.29) is 43.1 Å². The number of carbonyl (C=O) groups is 1. The molecular weight excluding hydrogens is 611 g/mol. The second kappa shape index (κ2) is 16.0. The third-order valence-corrected chi connectivity index (χ3v) is 10.3. The Bertz CT molecular complexity index is 1410. The number of hydrogen-bond donors (Lipinski definition) is 4. The summed E-state index contributed by atoms with van der Waals surface area (Å²) in [6, 6.07) is 9.71. The van der Waals surface area contributed by atoms with Crippen LogP contribution < -0.4 is 15.4 Å². The second-order valence-corrected chi connectivity index (χ2v) is 14.0. The number of amides is 1. The Balaban J connectivity index is 1.55. The van der Waals surface area contributed by atoms with Crippen LogP contribution in [0.4, 0.5) is 10.1 Å². The second-order valence-electron chi connectivity index (χ2n) is 11.5. The van der Waals surface area contributed by atoms with Crippen molar-refractivity contribution >= 4 is 33.2 Å². The molecule has 44 heavy (non-hydrogen) atoms. The summed E-state index contributed by atoms with van der Waals surface area (Å²) >= 11 is 6.12. The first-order valence-electron chi connectivity index (χ1n) is 14.9. The molecule has 1 saturated heterocycles. The Morgan fingerprint density at radius 1 is 1.16 bits per heavy atom. The van der Waals surface area contributed by atoms with Gasteiger partial charge in [-0.2, -0.15) is 0 Å². The quantitative estimate of drug-likeness (QED) is 0.117. The van der Waals surface area contributed by atoms with Crippen LogP contribution >= 0.6 is 11.6 Å². The van der Waals surface area contributed by atoms with Gasteiger partial charge in [-0.05, 0) is 86.7 Å². The van der Waals surface area contributed by atoms with Crippen molar-refractivity contribution in [2.75, 3.05) is 31.6 Å². The van der Waals surface area contributed by atoms with Crippen LogP contribution in [0.5, 0.6) is 0 Å². The molecule has 1 aliphatic carbocycles. The smallest absolute Gasteiger partial charge is 0.234 e. The fraction of sp³-hybridized carbons (Fsp3) is 0.567. The first kappa shape index (κ1) is 34.1. The zero-order valence-corrected chi connectivity index (χ0v) is 26.2. The normalized spacial score (nSPS) is 18.5. The molecule has 0 radical (unpaired) electrons. The number of carbonyl (C=O) groups excluding carboxylic acids is 1. The third kappa shape index (κ3) is 9.61. The molecule has 2 aliphatic rings. The highest BCUT2D eigenvalue weighted by Crippen LogP contribution is 2.38. The summed E-state index contributed by atoms with van der Waals surface area (Å²) in [4.78, 5) is 16.8. The van der Waals surface area contributed by atoms with E-state index in [1.165, 1.54) is 12.1 Å². The summed E-state index contributed by atoms with van der Waals surface area (Å²) in [6.45, 7) is 3.16. The number of nitrogens with zero attached hydrogens (tertiary/aromatic N) is 3. The lowest BCUT2D eigenvalue weighted by molar-refractivity contribution is -0.118. The molecule has 4 atom stereocenters. The van der Waals surface area contributed by atoms with Gasteiger partial charge in [0.2, 0.25) is 15.9 Å². The van der Waals surface area contributed by atoms with Gasteiger partial charge >= 0.3 is 0 Å². The lowest BCUT2D eigenvalue weighted by atomic mass is 9.76. The van der Waals surface area contributed by atoms with Gasteiger partial charge in [0.1, 0.15) is 11.9 Å². The molecule has 2 aromatic rings. The summed E-state index contributed by atoms with van der Waals surface area (Å²) < 4.78 is 48.9. The highest BCUT2D eigenvalue weighted by molar-refractivity contribution is 7.90. The molecule has 0 spiro atoms. The summed E-state index contributed by atoms with van der Waals surface area (Å²) in [5.41, 5.74) is 10.7. The van der Waals surface area contributed by atoms with Crippen molar-refractivity contribution < 1.29 is 27.4 Å². The van der Waals surface area contributed by atoms with Crippen LogP contribution in [0.15, 0.2) is 47.6 Å². The van der Waals surface area contributed by atoms with Gasteiger partial charge in [-0.25, -0.2) is 17.5 Å². The van der Waals surface area contributed by atoms with E-state index in [4.69, 9.17) is 16.3 Å². The molecule has 2 fully saturated rings. The number of rotatable bonds is 16. The molecule has 1 amide bonds. The van der Waals surface area contributed by atoms with Gasteiger partial charge in [0, 0.05) is 59.4 Å². The van der Waals surface area contributed by atoms with Crippen molar-refractivity contribution in [2.24, 2.45) is 11.0 Å². The largest absolute Gasteiger partial charge is 0.392 e. The number of aliphatic hydroxyl groups is 1. The Morgan fingerprint density at radius 2 is 1.86 bits per heavy atom. The van der Waals surface area contributed by atoms with E-state index in [0.717, 1.165) is 5.56 Å². The summed E-state index contributed by atoms with van der Waals surface area (Å²) in [5, 5.41) is 19.5. The maximum atomic E-state index is 15.2. The van der Waals surface area contributed by atoms with Crippen molar-refractivity contribution in [1.29, 1.82) is 0 Å². The first-order valence-corrected chi connectivity index (χ1v) is 16.9. The number of hydrogen-bond acceptors (Lipinski definition) is 7. The van der Waals surface area contributed by atoms with E-state index in [9.17, 15) is 23.8 Å². The number of benzene rings is 2. The molecule has 0 bridgehead atoms. The highest BCUT2D eigenvalue weighted by Gasteiger charge is 2.38. The minimum absolute atomic E-state index is 0.00690. The van der Waals surface area contributed by atoms with Gasteiger partial charge in [0.05, 0.1) is 11.4 Å². The van der Waals surface area contributed by atoms with Crippen LogP contribution in [-0.2, 0) is 26.0 Å². The van der Waals surface area contributed by atoms with E-state index < -0.39 is 51.1 Å². The predicted octanol–water partition coefficient (Wildman–Crippen LogP) is 4.66. The lowest BCUT2D eigenvalue weighted by Crippen LogP contribution is -2.44. The topological polar surface area (TPSA) is 166 Å². The minimum Gasteiger partial charge on any atom is -0.392 e. The average Bonchev–Trinajstić information content (AvgIpc) is 3.84. The van der Waals surface area contributed by atoms with Crippen LogP contribution in [0.1, 0.15) is 56.1 Å². The van der Waals surface area contributed by atoms with Crippen LogP contribution in [0.2, 0.25) is 5.02 Å². The summed E-state index contributed by atoms with van der Waals surface area (Å²) in [6.07, 6.45) is 2.27. The molecular formula is C30H40ClFN6O5S. The first-order chi connectivity index (χ1) is 21.1. The monoisotopic (exact) mass is 650 g/mol. The molecule has 4 rings (SSSR count). The van der Waals surface area contributed by atoms with Crippen molar-refractivity contribution in [2.45, 2.75) is 74.8 Å². The molecule has 2 aromatic carbocycles. The van der Waals surface area contributed by atoms with Crippen molar-refractivity contribution in [3.63, 3.8) is 0 Å². The van der Waals surface area contributed by atoms with Crippen molar-refractivity contribution in [3.05, 3.63) is 74.9 Å². The number of nitrogens with one attached hydrogen (secondary N) is 3. The number of sulfonamides is 1. The van der Waals surface area contributed by atoms with Crippen LogP contribution in [0.3, 0.4) is 0 Å². The van der Waals surface area contributed by atoms with Crippen molar-refractivity contribution in [3.8, 4) is 0 Å². The van der Waals surface area contributed by atoms with Gasteiger partial charge in [0.25, 0.3) is 0 Å². The fourth-order valence-electron chi connectivity index (χ4n) is 5.65. The molecule has 4 N–H and O–H groups in total. The maximum absolute atomic E-state index is 15.2. The van der Waals surface area contributed by atoms with E-state index >= 15 is 4.39 Å². The van der Waals surface area contributed by atoms with Gasteiger partial charge in [-0.15, -0.1) is 0 Å². The van der Waals surface area contributed by atoms with E-state index in [2.05, 4.69) is 25.4 Å². The molecule has 1 saturated carbocycles. The standard InChI is InChI=1S/C30H40ClFN6O5S/c1-19(39)17-34-18-23(37-44(41,42)24-10-11-24)9-12-25-26(32)3-2-4-27(25)35-30(40)29(36-38-33)28(21-13-15-43-16-14-21)20-5-7-22(31)8-6-20/h2-8,19,21,23-24,28-29,34,37,39H,9-18H2,1H3,(H,35,40)/t19?,23?,28-,29-/m0/s1. The van der Waals surface area contributed by atoms with Crippen LogP contribution in [0.25, 0.3) is 10.4 Å². The van der Waals surface area contributed by atoms with Gasteiger partial charge < -0.3 is 20.5 Å². The molecule has 11 nitrogen and oxygen atoms in total. The van der Waals surface area contributed by atoms with E-state index in [1.54, 1.807) is 25.1 Å². The summed E-state index contributed by atoms with van der Waals surface area (Å²) in [7, 11) is -3.53. The summed E-state index contributed by atoms with van der Waals surface area (Å²) in [5.74, 6) is -1.61. The predicted molar refractivity (Wildman–Crippen MR) is 167 cm³/mol. The zero-order valence-electron chi connectivity index (χ0n) is 24.7. The van der Waals surface area contributed by atoms with E-state index in [1.807, 2.05) is 12.1 Å². The van der Waals surface area contributed by atoms with E-state index in [0.29, 0.717) is 43.9 Å². The molecule has 240 valence electrons. The Hall–Kier alpha value is -2.77. The number of aliphatic hydroxyl groups excluding tert-OH is 1. The molecule has 0 aromatic heterocycles. The number of anilines is 1.